The highest BCUT2D eigenvalue weighted by atomic mass is 33.1. The molecule has 5 nitrogen and oxygen atoms in total. The van der Waals surface area contributed by atoms with Crippen molar-refractivity contribution in [2.75, 3.05) is 7.05 Å². The number of fused-ring (bicyclic) bond motifs is 1. The van der Waals surface area contributed by atoms with Crippen molar-refractivity contribution in [3.8, 4) is 0 Å². The van der Waals surface area contributed by atoms with Gasteiger partial charge in [-0.1, -0.05) is 19.1 Å². The molecule has 0 saturated heterocycles. The number of rotatable bonds is 1. The topological polar surface area (TPSA) is 80.3 Å². The van der Waals surface area contributed by atoms with E-state index in [1.807, 2.05) is 0 Å². The van der Waals surface area contributed by atoms with Crippen molar-refractivity contribution in [1.29, 1.82) is 0 Å². The molecule has 0 fully saturated rings. The molecular weight excluding hydrogens is 362 g/mol. The Morgan fingerprint density at radius 3 is 2.50 bits per heavy atom. The summed E-state index contributed by atoms with van der Waals surface area (Å²) >= 11 is 0. The van der Waals surface area contributed by atoms with E-state index in [9.17, 15) is 18.6 Å². The highest BCUT2D eigenvalue weighted by molar-refractivity contribution is 8.87. The van der Waals surface area contributed by atoms with Crippen LogP contribution in [0.25, 0.3) is 0 Å². The van der Waals surface area contributed by atoms with E-state index in [0.29, 0.717) is 16.9 Å². The molecular formula is C13H15NO4S4. The van der Waals surface area contributed by atoms with Crippen LogP contribution in [0.2, 0.25) is 0 Å². The van der Waals surface area contributed by atoms with Gasteiger partial charge in [-0.2, -0.15) is 0 Å². The van der Waals surface area contributed by atoms with Crippen molar-refractivity contribution in [3.63, 3.8) is 0 Å². The average Bonchev–Trinajstić information content (AvgIpc) is 2.75. The van der Waals surface area contributed by atoms with Crippen molar-refractivity contribution in [3.05, 3.63) is 29.8 Å². The maximum atomic E-state index is 11.6. The molecule has 9 heteroatoms. The van der Waals surface area contributed by atoms with Crippen LogP contribution in [0, 0.1) is 0 Å². The predicted molar refractivity (Wildman–Crippen MR) is 96.8 cm³/mol. The largest absolute Gasteiger partial charge is 0.349 e. The zero-order valence-corrected chi connectivity index (χ0v) is 15.3. The van der Waals surface area contributed by atoms with Gasteiger partial charge in [0.05, 0.1) is 13.4 Å². The molecule has 1 aliphatic rings. The maximum Gasteiger partial charge on any atom is 0.289 e. The molecule has 1 atom stereocenters. The first-order valence-electron chi connectivity index (χ1n) is 6.11. The second-order valence-corrected chi connectivity index (χ2v) is 10.4. The summed E-state index contributed by atoms with van der Waals surface area (Å²) in [7, 11) is 1.88. The number of hydrogen-bond donors (Lipinski definition) is 1. The molecule has 1 amide bonds. The third-order valence-electron chi connectivity index (χ3n) is 2.36. The fourth-order valence-corrected chi connectivity index (χ4v) is 5.94. The van der Waals surface area contributed by atoms with Crippen LogP contribution in [0.15, 0.2) is 29.2 Å². The van der Waals surface area contributed by atoms with E-state index in [0.717, 1.165) is 32.4 Å². The molecule has 120 valence electrons. The molecule has 0 spiro atoms. The van der Waals surface area contributed by atoms with Gasteiger partial charge in [-0.25, -0.2) is 0 Å². The lowest BCUT2D eigenvalue weighted by Gasteiger charge is -1.95. The summed E-state index contributed by atoms with van der Waals surface area (Å²) in [5.41, 5.74) is 0.544. The maximum absolute atomic E-state index is 11.6. The Morgan fingerprint density at radius 2 is 1.95 bits per heavy atom. The minimum atomic E-state index is -2.39. The van der Waals surface area contributed by atoms with Crippen LogP contribution in [0.5, 0.6) is 0 Å². The van der Waals surface area contributed by atoms with E-state index in [4.69, 9.17) is 0 Å². The van der Waals surface area contributed by atoms with Gasteiger partial charge in [0.15, 0.2) is 5.12 Å². The minimum absolute atomic E-state index is 0.0219. The number of hydrogen-bond acceptors (Lipinski definition) is 7. The second-order valence-electron chi connectivity index (χ2n) is 3.91. The highest BCUT2D eigenvalue weighted by Crippen LogP contribution is 2.37. The first-order valence-corrected chi connectivity index (χ1v) is 11.3. The third kappa shape index (κ3) is 5.38. The lowest BCUT2D eigenvalue weighted by atomic mass is 10.2. The summed E-state index contributed by atoms with van der Waals surface area (Å²) in [6, 6.07) is 6.91. The lowest BCUT2D eigenvalue weighted by molar-refractivity contribution is -0.110. The Kier molecular flexibility index (Phi) is 7.54. The Morgan fingerprint density at radius 1 is 1.32 bits per heavy atom. The molecule has 0 saturated carbocycles. The molecule has 0 aromatic heterocycles. The quantitative estimate of drug-likeness (QED) is 0.594. The smallest absolute Gasteiger partial charge is 0.289 e. The number of carbonyl (C=O) groups is 3. The third-order valence-corrected chi connectivity index (χ3v) is 8.00. The molecule has 1 aromatic carbocycles. The summed E-state index contributed by atoms with van der Waals surface area (Å²) in [4.78, 5) is 32.9. The van der Waals surface area contributed by atoms with Crippen molar-refractivity contribution in [1.82, 2.24) is 5.32 Å². The standard InChI is InChI=1S/C8H6O2S2.C5H9NO2S2/c1-12(10)7-5-3-2-4-6(7)8(9)11-12;1-3-4(7)9-10-5(8)6-2/h2-5H,1H2;3H2,1-2H3,(H,6,8). The van der Waals surface area contributed by atoms with E-state index in [2.05, 4.69) is 11.2 Å². The predicted octanol–water partition coefficient (Wildman–Crippen LogP) is 3.21. The zero-order valence-electron chi connectivity index (χ0n) is 12.0. The normalized spacial score (nSPS) is 18.9. The minimum Gasteiger partial charge on any atom is -0.349 e. The van der Waals surface area contributed by atoms with Gasteiger partial charge in [0, 0.05) is 40.6 Å². The SMILES string of the molecule is C=S1(=O)SC(=O)c2ccccc21.CCC(=O)SSC(=O)NC. The molecule has 1 N–H and O–H groups in total. The van der Waals surface area contributed by atoms with Crippen LogP contribution in [0.1, 0.15) is 23.7 Å². The second kappa shape index (κ2) is 8.66. The van der Waals surface area contributed by atoms with Gasteiger partial charge in [-0.05, 0) is 28.8 Å². The summed E-state index contributed by atoms with van der Waals surface area (Å²) in [5.74, 6) is 3.53. The van der Waals surface area contributed by atoms with Gasteiger partial charge < -0.3 is 5.32 Å². The summed E-state index contributed by atoms with van der Waals surface area (Å²) in [5, 5.41) is 2.10. The number of nitrogens with one attached hydrogen (secondary N) is 1. The van der Waals surface area contributed by atoms with E-state index >= 15 is 0 Å². The van der Waals surface area contributed by atoms with Crippen molar-refractivity contribution in [2.24, 2.45) is 0 Å². The van der Waals surface area contributed by atoms with E-state index in [-0.39, 0.29) is 15.5 Å². The number of carbonyl (C=O) groups excluding carboxylic acids is 3. The van der Waals surface area contributed by atoms with Crippen LogP contribution in [-0.2, 0) is 13.3 Å². The first kappa shape index (κ1) is 19.1. The van der Waals surface area contributed by atoms with E-state index < -0.39 is 8.55 Å². The van der Waals surface area contributed by atoms with Gasteiger partial charge >= 0.3 is 0 Å². The Hall–Kier alpha value is -0.900. The Bertz CT molecular complexity index is 669. The molecule has 22 heavy (non-hydrogen) atoms. The summed E-state index contributed by atoms with van der Waals surface area (Å²) < 4.78 is 11.6. The Labute approximate surface area is 141 Å². The molecule has 0 bridgehead atoms. The number of amides is 1. The highest BCUT2D eigenvalue weighted by Gasteiger charge is 2.28. The van der Waals surface area contributed by atoms with Crippen LogP contribution in [0.4, 0.5) is 4.79 Å². The Balaban J connectivity index is 0.000000225. The first-order chi connectivity index (χ1) is 10.3. The van der Waals surface area contributed by atoms with Crippen LogP contribution < -0.4 is 5.32 Å². The van der Waals surface area contributed by atoms with Gasteiger partial charge in [-0.3, -0.25) is 18.6 Å². The molecule has 1 unspecified atom stereocenters. The molecule has 2 rings (SSSR count). The van der Waals surface area contributed by atoms with Gasteiger partial charge in [0.25, 0.3) is 5.24 Å². The van der Waals surface area contributed by atoms with Crippen LogP contribution >= 0.6 is 32.4 Å². The van der Waals surface area contributed by atoms with Crippen LogP contribution in [-0.4, -0.2) is 32.6 Å². The molecule has 1 heterocycles. The fraction of sp³-hybridized carbons (Fsp3) is 0.231. The van der Waals surface area contributed by atoms with E-state index in [1.54, 1.807) is 31.2 Å². The van der Waals surface area contributed by atoms with Crippen LogP contribution in [0.3, 0.4) is 0 Å². The van der Waals surface area contributed by atoms with Gasteiger partial charge in [-0.15, -0.1) is 0 Å². The van der Waals surface area contributed by atoms with Crippen molar-refractivity contribution in [2.45, 2.75) is 18.2 Å². The lowest BCUT2D eigenvalue weighted by Crippen LogP contribution is -2.10. The molecule has 1 aliphatic heterocycles. The summed E-state index contributed by atoms with van der Waals surface area (Å²) in [6.45, 7) is 1.76. The monoisotopic (exact) mass is 377 g/mol. The van der Waals surface area contributed by atoms with Crippen molar-refractivity contribution >= 4 is 62.3 Å². The zero-order chi connectivity index (χ0) is 16.8. The van der Waals surface area contributed by atoms with E-state index in [1.165, 1.54) is 7.05 Å². The van der Waals surface area contributed by atoms with Gasteiger partial charge in [0.2, 0.25) is 5.12 Å². The molecule has 0 aliphatic carbocycles. The van der Waals surface area contributed by atoms with Crippen molar-refractivity contribution < 1.29 is 18.6 Å². The number of benzene rings is 1. The summed E-state index contributed by atoms with van der Waals surface area (Å²) in [6.07, 6.45) is 0.467. The fourth-order valence-electron chi connectivity index (χ4n) is 1.30. The molecule has 0 radical (unpaired) electrons. The average molecular weight is 378 g/mol. The van der Waals surface area contributed by atoms with Gasteiger partial charge in [0.1, 0.15) is 0 Å². The molecule has 1 aromatic rings.